The van der Waals surface area contributed by atoms with Crippen molar-refractivity contribution in [1.29, 1.82) is 0 Å². The summed E-state index contributed by atoms with van der Waals surface area (Å²) < 4.78 is 1.82. The first-order chi connectivity index (χ1) is 10.3. The second kappa shape index (κ2) is 5.46. The number of carbonyl (C=O) groups excluding carboxylic acids is 1. The normalized spacial score (nSPS) is 11.0. The average molecular weight is 279 g/mol. The highest BCUT2D eigenvalue weighted by molar-refractivity contribution is 6.00. The fourth-order valence-corrected chi connectivity index (χ4v) is 2.15. The maximum Gasteiger partial charge on any atom is 0.257 e. The molecule has 104 valence electrons. The van der Waals surface area contributed by atoms with Crippen LogP contribution in [0.4, 0.5) is 0 Å². The van der Waals surface area contributed by atoms with Crippen molar-refractivity contribution in [2.45, 2.75) is 0 Å². The van der Waals surface area contributed by atoms with Gasteiger partial charge in [-0.3, -0.25) is 4.79 Å². The Bertz CT molecular complexity index is 816. The molecule has 3 rings (SSSR count). The number of carbonyl (C=O) groups is 1. The van der Waals surface area contributed by atoms with E-state index in [9.17, 15) is 4.79 Å². The molecular weight excluding hydrogens is 266 g/mol. The summed E-state index contributed by atoms with van der Waals surface area (Å²) in [6.45, 7) is 0. The van der Waals surface area contributed by atoms with E-state index >= 15 is 0 Å². The first kappa shape index (κ1) is 12.9. The molecule has 2 heterocycles. The average Bonchev–Trinajstić information content (AvgIpc) is 3.02. The Kier molecular flexibility index (Phi) is 3.34. The first-order valence-electron chi connectivity index (χ1n) is 6.34. The van der Waals surface area contributed by atoms with Gasteiger partial charge in [-0.2, -0.15) is 5.10 Å². The van der Waals surface area contributed by atoms with Gasteiger partial charge in [0.15, 0.2) is 0 Å². The van der Waals surface area contributed by atoms with E-state index in [0.29, 0.717) is 5.56 Å². The largest absolute Gasteiger partial charge is 0.322 e. The number of pyridine rings is 1. The van der Waals surface area contributed by atoms with Gasteiger partial charge in [0.25, 0.3) is 5.91 Å². The zero-order valence-corrected chi connectivity index (χ0v) is 11.1. The number of amides is 1. The van der Waals surface area contributed by atoms with Crippen LogP contribution in [-0.4, -0.2) is 21.8 Å². The Morgan fingerprint density at radius 1 is 1.29 bits per heavy atom. The van der Waals surface area contributed by atoms with E-state index < -0.39 is 0 Å². The van der Waals surface area contributed by atoms with Gasteiger partial charge < -0.3 is 15.7 Å². The molecule has 0 bridgehead atoms. The number of fused-ring (bicyclic) bond motifs is 1. The Morgan fingerprint density at radius 2 is 2.14 bits per heavy atom. The number of hydrogen-bond acceptors (Lipinski definition) is 4. The fourth-order valence-electron chi connectivity index (χ4n) is 2.15. The minimum Gasteiger partial charge on any atom is -0.322 e. The van der Waals surface area contributed by atoms with Crippen molar-refractivity contribution < 1.29 is 4.79 Å². The van der Waals surface area contributed by atoms with Crippen LogP contribution < -0.4 is 11.2 Å². The van der Waals surface area contributed by atoms with Gasteiger partial charge in [-0.15, -0.1) is 0 Å². The van der Waals surface area contributed by atoms with Crippen molar-refractivity contribution in [2.75, 3.05) is 0 Å². The number of nitrogens with two attached hydrogens (primary N) is 1. The molecule has 0 aliphatic carbocycles. The maximum atomic E-state index is 11.8. The third kappa shape index (κ3) is 2.46. The summed E-state index contributed by atoms with van der Waals surface area (Å²) in [6, 6.07) is 11.6. The predicted molar refractivity (Wildman–Crippen MR) is 81.2 cm³/mol. The second-order valence-corrected chi connectivity index (χ2v) is 4.41. The highest BCUT2D eigenvalue weighted by Gasteiger charge is 2.09. The molecule has 0 spiro atoms. The number of nitrogens with zero attached hydrogens (tertiary/aromatic N) is 3. The van der Waals surface area contributed by atoms with Crippen molar-refractivity contribution in [2.24, 2.45) is 10.9 Å². The van der Waals surface area contributed by atoms with Crippen molar-refractivity contribution in [1.82, 2.24) is 14.9 Å². The van der Waals surface area contributed by atoms with E-state index in [1.54, 1.807) is 24.7 Å². The molecule has 0 aliphatic heterocycles. The molecule has 21 heavy (non-hydrogen) atoms. The van der Waals surface area contributed by atoms with Gasteiger partial charge in [-0.1, -0.05) is 24.3 Å². The van der Waals surface area contributed by atoms with Crippen LogP contribution in [0.15, 0.2) is 60.1 Å². The zero-order chi connectivity index (χ0) is 14.7. The molecule has 0 saturated carbocycles. The molecule has 0 saturated heterocycles. The lowest BCUT2D eigenvalue weighted by Gasteiger charge is -2.06. The van der Waals surface area contributed by atoms with Crippen LogP contribution >= 0.6 is 0 Å². The monoisotopic (exact) mass is 279 g/mol. The molecule has 0 atom stereocenters. The summed E-state index contributed by atoms with van der Waals surface area (Å²) in [7, 11) is 0. The van der Waals surface area contributed by atoms with E-state index in [1.807, 2.05) is 34.9 Å². The lowest BCUT2D eigenvalue weighted by atomic mass is 10.1. The van der Waals surface area contributed by atoms with Crippen LogP contribution in [-0.2, 0) is 0 Å². The standard InChI is InChI=1S/C15H13N5O/c16-19-10-18-15(21)12-6-8-20(9-12)14-13-4-2-1-3-11(13)5-7-17-14/h1-10H,16H2,(H,18,19,21). The van der Waals surface area contributed by atoms with Crippen LogP contribution in [0.5, 0.6) is 0 Å². The summed E-state index contributed by atoms with van der Waals surface area (Å²) >= 11 is 0. The second-order valence-electron chi connectivity index (χ2n) is 4.41. The third-order valence-electron chi connectivity index (χ3n) is 3.12. The van der Waals surface area contributed by atoms with Crippen molar-refractivity contribution in [3.05, 3.63) is 60.6 Å². The van der Waals surface area contributed by atoms with Gasteiger partial charge >= 0.3 is 0 Å². The van der Waals surface area contributed by atoms with Gasteiger partial charge in [0.2, 0.25) is 0 Å². The Labute approximate surface area is 120 Å². The summed E-state index contributed by atoms with van der Waals surface area (Å²) in [5.41, 5.74) is 0.504. The number of aromatic nitrogens is 2. The first-order valence-corrected chi connectivity index (χ1v) is 6.34. The van der Waals surface area contributed by atoms with Crippen LogP contribution in [0, 0.1) is 0 Å². The fraction of sp³-hybridized carbons (Fsp3) is 0. The smallest absolute Gasteiger partial charge is 0.257 e. The lowest BCUT2D eigenvalue weighted by molar-refractivity contribution is 0.0978. The van der Waals surface area contributed by atoms with Gasteiger partial charge in [-0.25, -0.2) is 4.98 Å². The van der Waals surface area contributed by atoms with Crippen LogP contribution in [0.3, 0.4) is 0 Å². The van der Waals surface area contributed by atoms with E-state index in [1.165, 1.54) is 0 Å². The summed E-state index contributed by atoms with van der Waals surface area (Å²) in [5, 5.41) is 7.81. The Morgan fingerprint density at radius 3 is 3.00 bits per heavy atom. The summed E-state index contributed by atoms with van der Waals surface area (Å²) in [5.74, 6) is 5.46. The predicted octanol–water partition coefficient (Wildman–Crippen LogP) is 1.66. The minimum atomic E-state index is -0.275. The maximum absolute atomic E-state index is 11.8. The van der Waals surface area contributed by atoms with Crippen molar-refractivity contribution in [3.8, 4) is 5.82 Å². The zero-order valence-electron chi connectivity index (χ0n) is 11.1. The quantitative estimate of drug-likeness (QED) is 0.331. The van der Waals surface area contributed by atoms with E-state index in [4.69, 9.17) is 5.84 Å². The molecule has 0 aliphatic rings. The molecule has 0 radical (unpaired) electrons. The van der Waals surface area contributed by atoms with Crippen molar-refractivity contribution >= 4 is 23.0 Å². The molecule has 1 amide bonds. The lowest BCUT2D eigenvalue weighted by Crippen LogP contribution is -2.21. The molecule has 6 heteroatoms. The number of hydrogen-bond donors (Lipinski definition) is 2. The Hall–Kier alpha value is -3.15. The van der Waals surface area contributed by atoms with Crippen LogP contribution in [0.2, 0.25) is 0 Å². The molecule has 3 aromatic rings. The SMILES string of the molecule is NN=CNC(=O)c1ccn(-c2nccc3ccccc23)c1. The number of nitrogens with one attached hydrogen (secondary N) is 1. The van der Waals surface area contributed by atoms with E-state index in [0.717, 1.165) is 22.9 Å². The molecule has 2 aromatic heterocycles. The van der Waals surface area contributed by atoms with E-state index in [2.05, 4.69) is 15.4 Å². The van der Waals surface area contributed by atoms with Crippen LogP contribution in [0.25, 0.3) is 16.6 Å². The number of rotatable bonds is 3. The van der Waals surface area contributed by atoms with Gasteiger partial charge in [0.1, 0.15) is 12.2 Å². The molecule has 3 N–H and O–H groups in total. The summed E-state index contributed by atoms with van der Waals surface area (Å²) in [4.78, 5) is 16.2. The third-order valence-corrected chi connectivity index (χ3v) is 3.12. The molecular formula is C15H13N5O. The summed E-state index contributed by atoms with van der Waals surface area (Å²) in [6.07, 6.45) is 6.41. The molecule has 0 unspecified atom stereocenters. The van der Waals surface area contributed by atoms with Gasteiger partial charge in [0, 0.05) is 24.0 Å². The molecule has 0 fully saturated rings. The van der Waals surface area contributed by atoms with E-state index in [-0.39, 0.29) is 5.91 Å². The highest BCUT2D eigenvalue weighted by atomic mass is 16.1. The molecule has 6 nitrogen and oxygen atoms in total. The number of benzene rings is 1. The van der Waals surface area contributed by atoms with Gasteiger partial charge in [-0.05, 0) is 17.5 Å². The number of hydrazone groups is 1. The minimum absolute atomic E-state index is 0.275. The molecule has 1 aromatic carbocycles. The van der Waals surface area contributed by atoms with Crippen LogP contribution in [0.1, 0.15) is 10.4 Å². The highest BCUT2D eigenvalue weighted by Crippen LogP contribution is 2.20. The van der Waals surface area contributed by atoms with Gasteiger partial charge in [0.05, 0.1) is 5.56 Å². The van der Waals surface area contributed by atoms with Crippen molar-refractivity contribution in [3.63, 3.8) is 0 Å². The topological polar surface area (TPSA) is 85.3 Å². The Balaban J connectivity index is 2.00.